The van der Waals surface area contributed by atoms with Crippen molar-refractivity contribution in [1.29, 1.82) is 0 Å². The minimum atomic E-state index is -0.216. The zero-order valence-electron chi connectivity index (χ0n) is 17.0. The van der Waals surface area contributed by atoms with Gasteiger partial charge in [-0.25, -0.2) is 0 Å². The van der Waals surface area contributed by atoms with Gasteiger partial charge in [-0.2, -0.15) is 0 Å². The Morgan fingerprint density at radius 3 is 2.04 bits per heavy atom. The third-order valence-electron chi connectivity index (χ3n) is 4.60. The molecule has 1 unspecified atom stereocenters. The van der Waals surface area contributed by atoms with E-state index in [9.17, 15) is 4.79 Å². The summed E-state index contributed by atoms with van der Waals surface area (Å²) in [5.74, 6) is 1.91. The van der Waals surface area contributed by atoms with Crippen molar-refractivity contribution in [3.05, 3.63) is 59.2 Å². The van der Waals surface area contributed by atoms with E-state index in [1.54, 1.807) is 14.2 Å². The second-order valence-corrected chi connectivity index (χ2v) is 6.95. The molecule has 0 heterocycles. The summed E-state index contributed by atoms with van der Waals surface area (Å²) in [5, 5.41) is 2.92. The van der Waals surface area contributed by atoms with E-state index in [4.69, 9.17) is 15.2 Å². The highest BCUT2D eigenvalue weighted by atomic mass is 35.5. The molecule has 28 heavy (non-hydrogen) atoms. The Kier molecular flexibility index (Phi) is 9.83. The van der Waals surface area contributed by atoms with Crippen molar-refractivity contribution in [2.45, 2.75) is 38.6 Å². The number of carbonyl (C=O) groups is 1. The summed E-state index contributed by atoms with van der Waals surface area (Å²) < 4.78 is 10.5. The van der Waals surface area contributed by atoms with Crippen LogP contribution in [0.2, 0.25) is 0 Å². The first-order chi connectivity index (χ1) is 12.9. The summed E-state index contributed by atoms with van der Waals surface area (Å²) in [6.45, 7) is 4.74. The molecule has 0 saturated heterocycles. The fourth-order valence-corrected chi connectivity index (χ4v) is 2.83. The third-order valence-corrected chi connectivity index (χ3v) is 4.60. The molecule has 0 spiro atoms. The van der Waals surface area contributed by atoms with Crippen LogP contribution in [0.25, 0.3) is 0 Å². The highest BCUT2D eigenvalue weighted by Gasteiger charge is 2.10. The molecule has 5 nitrogen and oxygen atoms in total. The molecule has 0 saturated carbocycles. The van der Waals surface area contributed by atoms with E-state index in [0.717, 1.165) is 22.6 Å². The summed E-state index contributed by atoms with van der Waals surface area (Å²) in [6, 6.07) is 13.7. The number of nitrogens with two attached hydrogens (primary N) is 1. The number of halogens is 1. The van der Waals surface area contributed by atoms with Crippen LogP contribution in [-0.2, 0) is 11.2 Å². The van der Waals surface area contributed by atoms with Crippen LogP contribution in [-0.4, -0.2) is 26.7 Å². The Morgan fingerprint density at radius 1 is 1.00 bits per heavy atom. The molecule has 2 aromatic rings. The van der Waals surface area contributed by atoms with Crippen molar-refractivity contribution >= 4 is 18.3 Å². The molecule has 0 aliphatic heterocycles. The average Bonchev–Trinajstić information content (AvgIpc) is 2.70. The lowest BCUT2D eigenvalue weighted by Gasteiger charge is -2.15. The molecule has 154 valence electrons. The number of amides is 1. The first kappa shape index (κ1) is 23.8. The SMILES string of the molecule is COc1cc(CCC(=O)NCC(N)c2ccc(C(C)C)cc2)cc(OC)c1.Cl. The van der Waals surface area contributed by atoms with Crippen molar-refractivity contribution in [2.24, 2.45) is 5.73 Å². The fourth-order valence-electron chi connectivity index (χ4n) is 2.83. The van der Waals surface area contributed by atoms with Gasteiger partial charge in [0.1, 0.15) is 11.5 Å². The van der Waals surface area contributed by atoms with Gasteiger partial charge < -0.3 is 20.5 Å². The molecule has 0 aliphatic rings. The number of ether oxygens (including phenoxy) is 2. The van der Waals surface area contributed by atoms with Crippen LogP contribution in [0.4, 0.5) is 0 Å². The highest BCUT2D eigenvalue weighted by Crippen LogP contribution is 2.23. The van der Waals surface area contributed by atoms with Crippen LogP contribution in [0.5, 0.6) is 11.5 Å². The van der Waals surface area contributed by atoms with Crippen molar-refractivity contribution < 1.29 is 14.3 Å². The van der Waals surface area contributed by atoms with Crippen LogP contribution >= 0.6 is 12.4 Å². The van der Waals surface area contributed by atoms with E-state index in [1.165, 1.54) is 5.56 Å². The molecule has 1 atom stereocenters. The van der Waals surface area contributed by atoms with Crippen LogP contribution in [0.1, 0.15) is 48.9 Å². The van der Waals surface area contributed by atoms with Gasteiger partial charge in [0.2, 0.25) is 5.91 Å². The van der Waals surface area contributed by atoms with Gasteiger partial charge in [0.25, 0.3) is 0 Å². The molecule has 2 rings (SSSR count). The molecule has 1 amide bonds. The molecular formula is C22H31ClN2O3. The number of rotatable bonds is 9. The molecule has 0 bridgehead atoms. The molecule has 0 radical (unpaired) electrons. The first-order valence-corrected chi connectivity index (χ1v) is 9.27. The minimum absolute atomic E-state index is 0. The summed E-state index contributed by atoms with van der Waals surface area (Å²) >= 11 is 0. The van der Waals surface area contributed by atoms with E-state index in [2.05, 4.69) is 31.3 Å². The maximum absolute atomic E-state index is 12.2. The number of methoxy groups -OCH3 is 2. The van der Waals surface area contributed by atoms with Crippen molar-refractivity contribution in [3.8, 4) is 11.5 Å². The van der Waals surface area contributed by atoms with Gasteiger partial charge in [-0.05, 0) is 41.2 Å². The highest BCUT2D eigenvalue weighted by molar-refractivity contribution is 5.85. The second kappa shape index (κ2) is 11.6. The lowest BCUT2D eigenvalue weighted by molar-refractivity contribution is -0.121. The van der Waals surface area contributed by atoms with Gasteiger partial charge >= 0.3 is 0 Å². The maximum Gasteiger partial charge on any atom is 0.220 e. The van der Waals surface area contributed by atoms with Crippen LogP contribution in [0.3, 0.4) is 0 Å². The van der Waals surface area contributed by atoms with Crippen molar-refractivity contribution in [2.75, 3.05) is 20.8 Å². The Balaban J connectivity index is 0.00000392. The monoisotopic (exact) mass is 406 g/mol. The van der Waals surface area contributed by atoms with Gasteiger partial charge in [0, 0.05) is 25.1 Å². The van der Waals surface area contributed by atoms with Gasteiger partial charge in [0.15, 0.2) is 0 Å². The number of hydrogen-bond donors (Lipinski definition) is 2. The molecule has 3 N–H and O–H groups in total. The number of carbonyl (C=O) groups excluding carboxylic acids is 1. The normalized spacial score (nSPS) is 11.5. The summed E-state index contributed by atoms with van der Waals surface area (Å²) in [7, 11) is 3.22. The van der Waals surface area contributed by atoms with E-state index < -0.39 is 0 Å². The lowest BCUT2D eigenvalue weighted by atomic mass is 9.99. The number of aryl methyl sites for hydroxylation is 1. The summed E-state index contributed by atoms with van der Waals surface area (Å²) in [4.78, 5) is 12.2. The first-order valence-electron chi connectivity index (χ1n) is 9.27. The van der Waals surface area contributed by atoms with E-state index in [-0.39, 0.29) is 24.4 Å². The Labute approximate surface area is 174 Å². The van der Waals surface area contributed by atoms with Gasteiger partial charge in [-0.1, -0.05) is 38.1 Å². The largest absolute Gasteiger partial charge is 0.497 e. The number of hydrogen-bond acceptors (Lipinski definition) is 4. The smallest absolute Gasteiger partial charge is 0.220 e. The Bertz CT molecular complexity index is 726. The molecule has 0 aromatic heterocycles. The van der Waals surface area contributed by atoms with Gasteiger partial charge in [0.05, 0.1) is 14.2 Å². The summed E-state index contributed by atoms with van der Waals surface area (Å²) in [6.07, 6.45) is 0.993. The van der Waals surface area contributed by atoms with E-state index in [1.807, 2.05) is 30.3 Å². The van der Waals surface area contributed by atoms with Gasteiger partial charge in [-0.3, -0.25) is 4.79 Å². The van der Waals surface area contributed by atoms with Crippen molar-refractivity contribution in [3.63, 3.8) is 0 Å². The van der Waals surface area contributed by atoms with Gasteiger partial charge in [-0.15, -0.1) is 12.4 Å². The fraction of sp³-hybridized carbons (Fsp3) is 0.409. The Hall–Kier alpha value is -2.24. The second-order valence-electron chi connectivity index (χ2n) is 6.95. The number of benzene rings is 2. The predicted octanol–water partition coefficient (Wildman–Crippen LogP) is 4.00. The Morgan fingerprint density at radius 2 is 1.54 bits per heavy atom. The molecular weight excluding hydrogens is 376 g/mol. The number of nitrogens with one attached hydrogen (secondary N) is 1. The van der Waals surface area contributed by atoms with Crippen molar-refractivity contribution in [1.82, 2.24) is 5.32 Å². The maximum atomic E-state index is 12.2. The molecule has 6 heteroatoms. The lowest BCUT2D eigenvalue weighted by Crippen LogP contribution is -2.32. The van der Waals surface area contributed by atoms with E-state index in [0.29, 0.717) is 25.3 Å². The topological polar surface area (TPSA) is 73.6 Å². The summed E-state index contributed by atoms with van der Waals surface area (Å²) in [5.41, 5.74) is 9.51. The quantitative estimate of drug-likeness (QED) is 0.660. The predicted molar refractivity (Wildman–Crippen MR) is 116 cm³/mol. The van der Waals surface area contributed by atoms with Crippen LogP contribution < -0.4 is 20.5 Å². The van der Waals surface area contributed by atoms with E-state index >= 15 is 0 Å². The zero-order chi connectivity index (χ0) is 19.8. The van der Waals surface area contributed by atoms with Crippen LogP contribution in [0, 0.1) is 0 Å². The third kappa shape index (κ3) is 7.06. The standard InChI is InChI=1S/C22H30N2O3.ClH/c1-15(2)17-6-8-18(9-7-17)21(23)14-24-22(25)10-5-16-11-19(26-3)13-20(12-16)27-4;/h6-9,11-13,15,21H,5,10,14,23H2,1-4H3,(H,24,25);1H. The molecule has 0 fully saturated rings. The average molecular weight is 407 g/mol. The zero-order valence-corrected chi connectivity index (χ0v) is 17.8. The molecule has 0 aliphatic carbocycles. The van der Waals surface area contributed by atoms with Crippen LogP contribution in [0.15, 0.2) is 42.5 Å². The molecule has 2 aromatic carbocycles. The minimum Gasteiger partial charge on any atom is -0.497 e.